The first kappa shape index (κ1) is 7.84. The lowest BCUT2D eigenvalue weighted by Crippen LogP contribution is -1.82. The molecule has 0 aliphatic heterocycles. The normalized spacial score (nSPS) is 33.8. The van der Waals surface area contributed by atoms with Gasteiger partial charge in [-0.05, 0) is 31.1 Å². The Labute approximate surface area is 64.3 Å². The highest BCUT2D eigenvalue weighted by Gasteiger charge is 2.25. The van der Waals surface area contributed by atoms with E-state index in [-0.39, 0.29) is 0 Å². The Hall–Kier alpha value is -0.260. The molecule has 0 heteroatoms. The number of fused-ring (bicyclic) bond motifs is 2. The van der Waals surface area contributed by atoms with E-state index >= 15 is 0 Å². The Morgan fingerprint density at radius 3 is 1.60 bits per heavy atom. The van der Waals surface area contributed by atoms with Crippen molar-refractivity contribution in [3.05, 3.63) is 12.2 Å². The van der Waals surface area contributed by atoms with Crippen molar-refractivity contribution in [3.63, 3.8) is 0 Å². The molecule has 2 rings (SSSR count). The fraction of sp³-hybridized carbons (Fsp3) is 0.800. The molecule has 2 bridgehead atoms. The zero-order valence-electron chi connectivity index (χ0n) is 7.14. The van der Waals surface area contributed by atoms with Gasteiger partial charge in [-0.1, -0.05) is 32.4 Å². The maximum atomic E-state index is 2.38. The molecule has 0 aromatic heterocycles. The summed E-state index contributed by atoms with van der Waals surface area (Å²) in [6.45, 7) is 4.25. The van der Waals surface area contributed by atoms with Crippen molar-refractivity contribution < 1.29 is 0 Å². The zero-order valence-corrected chi connectivity index (χ0v) is 7.14. The van der Waals surface area contributed by atoms with Crippen molar-refractivity contribution >= 4 is 0 Å². The predicted molar refractivity (Wildman–Crippen MR) is 45.9 cm³/mol. The summed E-state index contributed by atoms with van der Waals surface area (Å²) < 4.78 is 0. The van der Waals surface area contributed by atoms with Gasteiger partial charge in [-0.25, -0.2) is 0 Å². The molecule has 0 aromatic carbocycles. The van der Waals surface area contributed by atoms with E-state index in [1.54, 1.807) is 0 Å². The van der Waals surface area contributed by atoms with Gasteiger partial charge in [-0.15, -0.1) is 0 Å². The minimum absolute atomic E-state index is 0.991. The van der Waals surface area contributed by atoms with E-state index in [9.17, 15) is 0 Å². The zero-order chi connectivity index (χ0) is 7.40. The molecule has 2 aliphatic rings. The summed E-state index contributed by atoms with van der Waals surface area (Å²) in [5, 5.41) is 0. The lowest BCUT2D eigenvalue weighted by Gasteiger charge is -1.96. The van der Waals surface area contributed by atoms with Crippen LogP contribution in [0.5, 0.6) is 0 Å². The second kappa shape index (κ2) is 3.80. The van der Waals surface area contributed by atoms with Gasteiger partial charge in [0.15, 0.2) is 0 Å². The molecular formula is C10H18. The van der Waals surface area contributed by atoms with Gasteiger partial charge in [0.2, 0.25) is 0 Å². The maximum absolute atomic E-state index is 2.38. The Morgan fingerprint density at radius 1 is 1.10 bits per heavy atom. The molecule has 0 aromatic rings. The summed E-state index contributed by atoms with van der Waals surface area (Å²) in [5.74, 6) is 1.98. The van der Waals surface area contributed by atoms with Crippen LogP contribution in [0.25, 0.3) is 0 Å². The van der Waals surface area contributed by atoms with E-state index in [0.29, 0.717) is 0 Å². The Morgan fingerprint density at radius 2 is 1.50 bits per heavy atom. The van der Waals surface area contributed by atoms with E-state index in [4.69, 9.17) is 0 Å². The minimum Gasteiger partial charge on any atom is -0.0851 e. The molecule has 0 spiro atoms. The van der Waals surface area contributed by atoms with Gasteiger partial charge in [0.1, 0.15) is 0 Å². The van der Waals surface area contributed by atoms with Gasteiger partial charge < -0.3 is 0 Å². The molecule has 0 saturated heterocycles. The highest BCUT2D eigenvalue weighted by Crippen LogP contribution is 2.38. The second-order valence-corrected chi connectivity index (χ2v) is 3.43. The van der Waals surface area contributed by atoms with E-state index in [1.165, 1.54) is 25.7 Å². The molecule has 10 heavy (non-hydrogen) atoms. The number of rotatable bonds is 0. The summed E-state index contributed by atoms with van der Waals surface area (Å²) in [4.78, 5) is 0. The summed E-state index contributed by atoms with van der Waals surface area (Å²) in [5.41, 5.74) is 0. The van der Waals surface area contributed by atoms with Crippen LogP contribution >= 0.6 is 0 Å². The maximum Gasteiger partial charge on any atom is -0.0228 e. The van der Waals surface area contributed by atoms with E-state index in [1.807, 2.05) is 0 Å². The predicted octanol–water partition coefficient (Wildman–Crippen LogP) is 3.39. The topological polar surface area (TPSA) is 0 Å². The highest BCUT2D eigenvalue weighted by atomic mass is 14.3. The third kappa shape index (κ3) is 1.86. The highest BCUT2D eigenvalue weighted by molar-refractivity contribution is 5.06. The smallest absolute Gasteiger partial charge is 0.0228 e. The monoisotopic (exact) mass is 138 g/mol. The van der Waals surface area contributed by atoms with E-state index in [0.717, 1.165) is 11.8 Å². The summed E-state index contributed by atoms with van der Waals surface area (Å²) in [6.07, 6.45) is 10.4. The largest absolute Gasteiger partial charge is 0.0851 e. The van der Waals surface area contributed by atoms with Crippen molar-refractivity contribution in [2.24, 2.45) is 11.8 Å². The number of allylic oxidation sites excluding steroid dienone is 2. The molecule has 1 fully saturated rings. The van der Waals surface area contributed by atoms with Crippen molar-refractivity contribution in [3.8, 4) is 0 Å². The van der Waals surface area contributed by atoms with Crippen LogP contribution in [-0.2, 0) is 0 Å². The van der Waals surface area contributed by atoms with Crippen molar-refractivity contribution in [1.82, 2.24) is 0 Å². The number of hydrogen-bond acceptors (Lipinski definition) is 0. The number of hydrogen-bond donors (Lipinski definition) is 0. The van der Waals surface area contributed by atoms with E-state index in [2.05, 4.69) is 26.0 Å². The molecule has 0 heterocycles. The lowest BCUT2D eigenvalue weighted by molar-refractivity contribution is 0.691. The fourth-order valence-corrected chi connectivity index (χ4v) is 1.72. The van der Waals surface area contributed by atoms with Gasteiger partial charge in [0, 0.05) is 0 Å². The standard InChI is InChI=1S/C7H10.C3H8/c1-2-7-4-3-6(1)5-7;1-3-2/h1-2,6-7H,3-5H2;3H2,1-2H3. The van der Waals surface area contributed by atoms with Crippen LogP contribution < -0.4 is 0 Å². The molecule has 58 valence electrons. The average Bonchev–Trinajstić information content (AvgIpc) is 2.49. The van der Waals surface area contributed by atoms with Crippen LogP contribution in [0.2, 0.25) is 0 Å². The molecule has 0 radical (unpaired) electrons. The third-order valence-electron chi connectivity index (χ3n) is 2.17. The van der Waals surface area contributed by atoms with Gasteiger partial charge in [0.05, 0.1) is 0 Å². The third-order valence-corrected chi connectivity index (χ3v) is 2.17. The molecule has 2 unspecified atom stereocenters. The lowest BCUT2D eigenvalue weighted by atomic mass is 10.1. The summed E-state index contributed by atoms with van der Waals surface area (Å²) in [6, 6.07) is 0. The van der Waals surface area contributed by atoms with Crippen molar-refractivity contribution in [2.75, 3.05) is 0 Å². The Bertz CT molecular complexity index is 101. The van der Waals surface area contributed by atoms with Crippen molar-refractivity contribution in [1.29, 1.82) is 0 Å². The Balaban J connectivity index is 0.000000148. The fourth-order valence-electron chi connectivity index (χ4n) is 1.72. The minimum atomic E-state index is 0.991. The van der Waals surface area contributed by atoms with Crippen LogP contribution in [0.1, 0.15) is 39.5 Å². The van der Waals surface area contributed by atoms with Crippen LogP contribution in [0.4, 0.5) is 0 Å². The second-order valence-electron chi connectivity index (χ2n) is 3.43. The SMILES string of the molecule is C1=CC2CCC1C2.CCC. The molecular weight excluding hydrogens is 120 g/mol. The Kier molecular flexibility index (Phi) is 2.98. The van der Waals surface area contributed by atoms with Crippen LogP contribution in [0, 0.1) is 11.8 Å². The first-order valence-corrected chi connectivity index (χ1v) is 4.55. The van der Waals surface area contributed by atoms with Crippen LogP contribution in [0.15, 0.2) is 12.2 Å². The van der Waals surface area contributed by atoms with Crippen LogP contribution in [-0.4, -0.2) is 0 Å². The van der Waals surface area contributed by atoms with Gasteiger partial charge in [0.25, 0.3) is 0 Å². The average molecular weight is 138 g/mol. The molecule has 0 amide bonds. The summed E-state index contributed by atoms with van der Waals surface area (Å²) >= 11 is 0. The molecule has 2 aliphatic carbocycles. The summed E-state index contributed by atoms with van der Waals surface area (Å²) in [7, 11) is 0. The molecule has 0 nitrogen and oxygen atoms in total. The van der Waals surface area contributed by atoms with Gasteiger partial charge in [-0.3, -0.25) is 0 Å². The molecule has 0 N–H and O–H groups in total. The quantitative estimate of drug-likeness (QED) is 0.450. The molecule has 2 atom stereocenters. The first-order valence-electron chi connectivity index (χ1n) is 4.55. The van der Waals surface area contributed by atoms with Crippen molar-refractivity contribution in [2.45, 2.75) is 39.5 Å². The van der Waals surface area contributed by atoms with Crippen LogP contribution in [0.3, 0.4) is 0 Å². The van der Waals surface area contributed by atoms with Gasteiger partial charge >= 0.3 is 0 Å². The van der Waals surface area contributed by atoms with E-state index < -0.39 is 0 Å². The molecule has 1 saturated carbocycles. The van der Waals surface area contributed by atoms with Gasteiger partial charge in [-0.2, -0.15) is 0 Å². The first-order chi connectivity index (χ1) is 4.86.